The molecule has 0 unspecified atom stereocenters. The Hall–Kier alpha value is -2.54. The van der Waals surface area contributed by atoms with Crippen LogP contribution in [0.25, 0.3) is 5.65 Å². The average Bonchev–Trinajstić information content (AvgIpc) is 2.92. The van der Waals surface area contributed by atoms with Crippen LogP contribution in [0.15, 0.2) is 42.6 Å². The fourth-order valence-corrected chi connectivity index (χ4v) is 2.73. The van der Waals surface area contributed by atoms with E-state index in [0.29, 0.717) is 22.8 Å². The van der Waals surface area contributed by atoms with Gasteiger partial charge >= 0.3 is 6.18 Å². The lowest BCUT2D eigenvalue weighted by Gasteiger charge is -2.13. The van der Waals surface area contributed by atoms with E-state index >= 15 is 0 Å². The second kappa shape index (κ2) is 6.40. The van der Waals surface area contributed by atoms with E-state index in [0.717, 1.165) is 6.07 Å². The third kappa shape index (κ3) is 3.32. The Morgan fingerprint density at radius 2 is 2.00 bits per heavy atom. The maximum Gasteiger partial charge on any atom is 0.418 e. The Balaban J connectivity index is 2.05. The topological polar surface area (TPSA) is 46.4 Å². The monoisotopic (exact) mass is 367 g/mol. The van der Waals surface area contributed by atoms with E-state index in [4.69, 9.17) is 11.6 Å². The predicted octanol–water partition coefficient (Wildman–Crippen LogP) is 4.82. The minimum absolute atomic E-state index is 0.186. The van der Waals surface area contributed by atoms with Crippen molar-refractivity contribution in [2.24, 2.45) is 0 Å². The maximum absolute atomic E-state index is 13.1. The number of alkyl halides is 3. The Labute approximate surface area is 146 Å². The summed E-state index contributed by atoms with van der Waals surface area (Å²) in [5.74, 6) is -0.664. The van der Waals surface area contributed by atoms with Crippen molar-refractivity contribution in [3.63, 3.8) is 0 Å². The molecule has 0 aliphatic rings. The van der Waals surface area contributed by atoms with Crippen LogP contribution in [-0.2, 0) is 12.6 Å². The van der Waals surface area contributed by atoms with Crippen LogP contribution in [0.2, 0.25) is 5.02 Å². The lowest BCUT2D eigenvalue weighted by atomic mass is 10.1. The summed E-state index contributed by atoms with van der Waals surface area (Å²) >= 11 is 5.92. The summed E-state index contributed by atoms with van der Waals surface area (Å²) in [6.07, 6.45) is -2.55. The molecule has 0 saturated carbocycles. The van der Waals surface area contributed by atoms with Gasteiger partial charge in [-0.15, -0.1) is 0 Å². The zero-order valence-corrected chi connectivity index (χ0v) is 13.8. The Morgan fingerprint density at radius 1 is 1.28 bits per heavy atom. The number of fused-ring (bicyclic) bond motifs is 1. The van der Waals surface area contributed by atoms with E-state index in [-0.39, 0.29) is 11.4 Å². The molecule has 3 aromatic rings. The molecule has 0 fully saturated rings. The third-order valence-corrected chi connectivity index (χ3v) is 3.93. The van der Waals surface area contributed by atoms with Crippen LogP contribution in [0.3, 0.4) is 0 Å². The molecule has 1 aromatic carbocycles. The van der Waals surface area contributed by atoms with Gasteiger partial charge in [-0.1, -0.05) is 30.7 Å². The van der Waals surface area contributed by atoms with Gasteiger partial charge in [0.05, 0.1) is 16.9 Å². The highest BCUT2D eigenvalue weighted by atomic mass is 35.5. The predicted molar refractivity (Wildman–Crippen MR) is 89.0 cm³/mol. The molecule has 1 N–H and O–H groups in total. The standard InChI is InChI=1S/C17H13ClF3N3O/c1-2-12-15(24-8-7-10(18)9-14(24)22-12)16(25)23-13-6-4-3-5-11(13)17(19,20)21/h3-9H,2H2,1H3,(H,23,25). The number of aromatic nitrogens is 2. The number of nitrogens with one attached hydrogen (secondary N) is 1. The lowest BCUT2D eigenvalue weighted by molar-refractivity contribution is -0.136. The number of hydrogen-bond acceptors (Lipinski definition) is 2. The summed E-state index contributed by atoms with van der Waals surface area (Å²) in [5.41, 5.74) is -0.0850. The van der Waals surface area contributed by atoms with E-state index in [1.54, 1.807) is 18.3 Å². The van der Waals surface area contributed by atoms with Crippen LogP contribution < -0.4 is 5.32 Å². The van der Waals surface area contributed by atoms with Crippen LogP contribution in [0.1, 0.15) is 28.7 Å². The van der Waals surface area contributed by atoms with Crippen LogP contribution in [0.4, 0.5) is 18.9 Å². The minimum Gasteiger partial charge on any atom is -0.320 e. The molecule has 1 amide bonds. The summed E-state index contributed by atoms with van der Waals surface area (Å²) in [6.45, 7) is 1.81. The molecule has 0 aliphatic heterocycles. The van der Waals surface area contributed by atoms with Crippen molar-refractivity contribution in [3.8, 4) is 0 Å². The summed E-state index contributed by atoms with van der Waals surface area (Å²) in [7, 11) is 0. The van der Waals surface area contributed by atoms with Gasteiger partial charge in [0.25, 0.3) is 5.91 Å². The highest BCUT2D eigenvalue weighted by Crippen LogP contribution is 2.34. The molecule has 0 saturated heterocycles. The summed E-state index contributed by atoms with van der Waals surface area (Å²) in [5, 5.41) is 2.80. The average molecular weight is 368 g/mol. The fraction of sp³-hybridized carbons (Fsp3) is 0.176. The van der Waals surface area contributed by atoms with Gasteiger partial charge in [0.15, 0.2) is 0 Å². The van der Waals surface area contributed by atoms with Crippen molar-refractivity contribution in [3.05, 3.63) is 64.6 Å². The van der Waals surface area contributed by atoms with Gasteiger partial charge in [-0.3, -0.25) is 9.20 Å². The quantitative estimate of drug-likeness (QED) is 0.721. The van der Waals surface area contributed by atoms with Crippen LogP contribution in [-0.4, -0.2) is 15.3 Å². The molecule has 3 rings (SSSR count). The number of hydrogen-bond donors (Lipinski definition) is 1. The molecule has 0 bridgehead atoms. The molecule has 2 heterocycles. The van der Waals surface area contributed by atoms with Gasteiger partial charge in [-0.2, -0.15) is 13.2 Å². The van der Waals surface area contributed by atoms with Gasteiger partial charge in [-0.05, 0) is 24.6 Å². The van der Waals surface area contributed by atoms with Crippen molar-refractivity contribution in [1.82, 2.24) is 9.38 Å². The molecule has 0 spiro atoms. The Morgan fingerprint density at radius 3 is 2.68 bits per heavy atom. The number of halogens is 4. The fourth-order valence-electron chi connectivity index (χ4n) is 2.58. The first kappa shape index (κ1) is 17.3. The van der Waals surface area contributed by atoms with Crippen molar-refractivity contribution in [1.29, 1.82) is 0 Å². The SMILES string of the molecule is CCc1nc2cc(Cl)ccn2c1C(=O)Nc1ccccc1C(F)(F)F. The largest absolute Gasteiger partial charge is 0.418 e. The molecule has 25 heavy (non-hydrogen) atoms. The highest BCUT2D eigenvalue weighted by Gasteiger charge is 2.34. The summed E-state index contributed by atoms with van der Waals surface area (Å²) in [6, 6.07) is 8.00. The number of aryl methyl sites for hydroxylation is 1. The number of nitrogens with zero attached hydrogens (tertiary/aromatic N) is 2. The molecular weight excluding hydrogens is 355 g/mol. The first-order valence-electron chi connectivity index (χ1n) is 7.45. The molecule has 4 nitrogen and oxygen atoms in total. The normalized spacial score (nSPS) is 11.7. The summed E-state index contributed by atoms with van der Waals surface area (Å²) < 4.78 is 40.8. The summed E-state index contributed by atoms with van der Waals surface area (Å²) in [4.78, 5) is 17.0. The second-order valence-electron chi connectivity index (χ2n) is 5.33. The van der Waals surface area contributed by atoms with Crippen molar-refractivity contribution in [2.75, 3.05) is 5.32 Å². The maximum atomic E-state index is 13.1. The minimum atomic E-state index is -4.57. The zero-order chi connectivity index (χ0) is 18.2. The molecule has 130 valence electrons. The molecule has 2 aromatic heterocycles. The van der Waals surface area contributed by atoms with Gasteiger partial charge in [-0.25, -0.2) is 4.98 Å². The lowest BCUT2D eigenvalue weighted by Crippen LogP contribution is -2.19. The van der Waals surface area contributed by atoms with E-state index < -0.39 is 17.6 Å². The number of rotatable bonds is 3. The Kier molecular flexibility index (Phi) is 4.43. The number of carbonyl (C=O) groups excluding carboxylic acids is 1. The second-order valence-corrected chi connectivity index (χ2v) is 5.77. The first-order chi connectivity index (χ1) is 11.8. The van der Waals surface area contributed by atoms with Gasteiger partial charge < -0.3 is 5.32 Å². The highest BCUT2D eigenvalue weighted by molar-refractivity contribution is 6.30. The number of anilines is 1. The van der Waals surface area contributed by atoms with E-state index in [2.05, 4.69) is 10.3 Å². The van der Waals surface area contributed by atoms with Crippen LogP contribution in [0, 0.1) is 0 Å². The smallest absolute Gasteiger partial charge is 0.320 e. The van der Waals surface area contributed by atoms with Gasteiger partial charge in [0.2, 0.25) is 0 Å². The first-order valence-corrected chi connectivity index (χ1v) is 7.83. The van der Waals surface area contributed by atoms with E-state index in [9.17, 15) is 18.0 Å². The molecule has 8 heteroatoms. The van der Waals surface area contributed by atoms with Crippen molar-refractivity contribution >= 4 is 28.8 Å². The van der Waals surface area contributed by atoms with Crippen molar-refractivity contribution < 1.29 is 18.0 Å². The number of benzene rings is 1. The van der Waals surface area contributed by atoms with Crippen molar-refractivity contribution in [2.45, 2.75) is 19.5 Å². The van der Waals surface area contributed by atoms with Gasteiger partial charge in [0.1, 0.15) is 11.3 Å². The Bertz CT molecular complexity index is 950. The molecule has 0 radical (unpaired) electrons. The number of amides is 1. The zero-order valence-electron chi connectivity index (χ0n) is 13.1. The molecule has 0 atom stereocenters. The van der Waals surface area contributed by atoms with Crippen LogP contribution in [0.5, 0.6) is 0 Å². The van der Waals surface area contributed by atoms with E-state index in [1.807, 2.05) is 6.92 Å². The number of carbonyl (C=O) groups is 1. The number of pyridine rings is 1. The van der Waals surface area contributed by atoms with Gasteiger partial charge in [0, 0.05) is 17.3 Å². The number of imidazole rings is 1. The molecular formula is C17H13ClF3N3O. The number of para-hydroxylation sites is 1. The molecule has 0 aliphatic carbocycles. The van der Waals surface area contributed by atoms with Crippen LogP contribution >= 0.6 is 11.6 Å². The third-order valence-electron chi connectivity index (χ3n) is 3.69. The van der Waals surface area contributed by atoms with E-state index in [1.165, 1.54) is 22.6 Å².